The van der Waals surface area contributed by atoms with Gasteiger partial charge in [0.05, 0.1) is 0 Å². The number of rotatable bonds is 7. The van der Waals surface area contributed by atoms with Crippen molar-refractivity contribution in [1.82, 2.24) is 5.32 Å². The van der Waals surface area contributed by atoms with Crippen LogP contribution in [0.1, 0.15) is 60.3 Å². The van der Waals surface area contributed by atoms with Gasteiger partial charge in [-0.25, -0.2) is 0 Å². The minimum atomic E-state index is 0.653. The van der Waals surface area contributed by atoms with Crippen molar-refractivity contribution in [2.45, 2.75) is 60.3 Å². The molecule has 0 aromatic heterocycles. The van der Waals surface area contributed by atoms with Crippen molar-refractivity contribution >= 4 is 0 Å². The maximum absolute atomic E-state index is 3.43. The lowest BCUT2D eigenvalue weighted by molar-refractivity contribution is 0.549. The van der Waals surface area contributed by atoms with E-state index < -0.39 is 0 Å². The predicted octanol–water partition coefficient (Wildman–Crippen LogP) is 4.62. The molecule has 0 bridgehead atoms. The molecule has 1 N–H and O–H groups in total. The molecule has 1 heteroatoms. The van der Waals surface area contributed by atoms with Crippen LogP contribution in [-0.4, -0.2) is 0 Å². The lowest BCUT2D eigenvalue weighted by atomic mass is 10.00. The van der Waals surface area contributed by atoms with Crippen LogP contribution in [0.3, 0.4) is 0 Å². The van der Waals surface area contributed by atoms with E-state index in [0.717, 1.165) is 6.42 Å². The highest BCUT2D eigenvalue weighted by Crippen LogP contribution is 2.16. The zero-order valence-corrected chi connectivity index (χ0v) is 11.1. The van der Waals surface area contributed by atoms with Crippen LogP contribution in [0.2, 0.25) is 0 Å². The molecule has 0 heterocycles. The highest BCUT2D eigenvalue weighted by atomic mass is 14.9. The molecule has 15 heavy (non-hydrogen) atoms. The summed E-state index contributed by atoms with van der Waals surface area (Å²) in [6, 6.07) is 0. The summed E-state index contributed by atoms with van der Waals surface area (Å²) in [7, 11) is 0. The van der Waals surface area contributed by atoms with E-state index >= 15 is 0 Å². The second-order valence-corrected chi connectivity index (χ2v) is 4.48. The lowest BCUT2D eigenvalue weighted by Gasteiger charge is -2.16. The van der Waals surface area contributed by atoms with Crippen molar-refractivity contribution in [3.8, 4) is 0 Å². The van der Waals surface area contributed by atoms with Crippen molar-refractivity contribution in [2.75, 3.05) is 0 Å². The fourth-order valence-corrected chi connectivity index (χ4v) is 1.52. The summed E-state index contributed by atoms with van der Waals surface area (Å²) in [4.78, 5) is 0. The van der Waals surface area contributed by atoms with Crippen LogP contribution in [0.15, 0.2) is 23.5 Å². The molecular formula is C14H27N. The minimum absolute atomic E-state index is 0.653. The molecule has 88 valence electrons. The maximum Gasteiger partial charge on any atom is 0.0134 e. The smallest absolute Gasteiger partial charge is 0.0134 e. The van der Waals surface area contributed by atoms with Crippen LogP contribution in [-0.2, 0) is 0 Å². The first-order chi connectivity index (χ1) is 7.11. The van der Waals surface area contributed by atoms with E-state index in [0.29, 0.717) is 5.92 Å². The van der Waals surface area contributed by atoms with E-state index in [4.69, 9.17) is 0 Å². The predicted molar refractivity (Wildman–Crippen MR) is 69.6 cm³/mol. The fraction of sp³-hybridized carbons (Fsp3) is 0.714. The van der Waals surface area contributed by atoms with Crippen molar-refractivity contribution in [2.24, 2.45) is 5.92 Å². The van der Waals surface area contributed by atoms with E-state index in [1.807, 2.05) is 0 Å². The first-order valence-electron chi connectivity index (χ1n) is 6.21. The standard InChI is InChI=1S/C14H27N/c1-6-8-10-13(5)14(9-7-2)15-11-12(3)4/h9,11,13,15H,6-8,10H2,1-5H3/b14-9+. The summed E-state index contributed by atoms with van der Waals surface area (Å²) in [6.45, 7) is 11.0. The first-order valence-corrected chi connectivity index (χ1v) is 6.21. The molecule has 0 saturated carbocycles. The monoisotopic (exact) mass is 209 g/mol. The minimum Gasteiger partial charge on any atom is -0.365 e. The van der Waals surface area contributed by atoms with E-state index in [2.05, 4.69) is 52.2 Å². The largest absolute Gasteiger partial charge is 0.365 e. The second-order valence-electron chi connectivity index (χ2n) is 4.48. The van der Waals surface area contributed by atoms with Crippen molar-refractivity contribution in [3.05, 3.63) is 23.5 Å². The Morgan fingerprint density at radius 3 is 2.40 bits per heavy atom. The van der Waals surface area contributed by atoms with Gasteiger partial charge in [0.1, 0.15) is 0 Å². The van der Waals surface area contributed by atoms with Crippen LogP contribution < -0.4 is 5.32 Å². The molecule has 0 aliphatic heterocycles. The average molecular weight is 209 g/mol. The van der Waals surface area contributed by atoms with Crippen LogP contribution >= 0.6 is 0 Å². The Morgan fingerprint density at radius 2 is 1.93 bits per heavy atom. The Kier molecular flexibility index (Phi) is 8.17. The Bertz CT molecular complexity index is 209. The molecule has 0 amide bonds. The molecule has 0 fully saturated rings. The van der Waals surface area contributed by atoms with Gasteiger partial charge >= 0.3 is 0 Å². The summed E-state index contributed by atoms with van der Waals surface area (Å²) in [5, 5.41) is 3.43. The van der Waals surface area contributed by atoms with Crippen molar-refractivity contribution in [3.63, 3.8) is 0 Å². The van der Waals surface area contributed by atoms with E-state index in [9.17, 15) is 0 Å². The third kappa shape index (κ3) is 7.24. The van der Waals surface area contributed by atoms with Crippen LogP contribution in [0.5, 0.6) is 0 Å². The average Bonchev–Trinajstić information content (AvgIpc) is 2.20. The van der Waals surface area contributed by atoms with Gasteiger partial charge in [0.2, 0.25) is 0 Å². The number of allylic oxidation sites excluding steroid dienone is 3. The van der Waals surface area contributed by atoms with Gasteiger partial charge in [-0.15, -0.1) is 0 Å². The van der Waals surface area contributed by atoms with Gasteiger partial charge in [0.15, 0.2) is 0 Å². The summed E-state index contributed by atoms with van der Waals surface area (Å²) in [5.74, 6) is 0.653. The quantitative estimate of drug-likeness (QED) is 0.645. The number of hydrogen-bond acceptors (Lipinski definition) is 1. The first kappa shape index (κ1) is 14.3. The summed E-state index contributed by atoms with van der Waals surface area (Å²) < 4.78 is 0. The molecule has 0 aliphatic carbocycles. The molecule has 0 aromatic rings. The summed E-state index contributed by atoms with van der Waals surface area (Å²) >= 11 is 0. The molecule has 0 radical (unpaired) electrons. The third-order valence-electron chi connectivity index (χ3n) is 2.47. The molecule has 1 unspecified atom stereocenters. The molecule has 0 aromatic carbocycles. The van der Waals surface area contributed by atoms with Crippen molar-refractivity contribution in [1.29, 1.82) is 0 Å². The lowest BCUT2D eigenvalue weighted by Crippen LogP contribution is -2.13. The van der Waals surface area contributed by atoms with Gasteiger partial charge in [-0.3, -0.25) is 0 Å². The summed E-state index contributed by atoms with van der Waals surface area (Å²) in [5.41, 5.74) is 2.70. The Balaban J connectivity index is 4.26. The normalized spacial score (nSPS) is 13.5. The number of hydrogen-bond donors (Lipinski definition) is 1. The molecule has 0 aliphatic rings. The number of unbranched alkanes of at least 4 members (excludes halogenated alkanes) is 1. The van der Waals surface area contributed by atoms with Gasteiger partial charge in [-0.2, -0.15) is 0 Å². The van der Waals surface area contributed by atoms with Crippen molar-refractivity contribution < 1.29 is 0 Å². The van der Waals surface area contributed by atoms with E-state index in [1.54, 1.807) is 0 Å². The topological polar surface area (TPSA) is 12.0 Å². The van der Waals surface area contributed by atoms with E-state index in [1.165, 1.54) is 30.5 Å². The van der Waals surface area contributed by atoms with Gasteiger partial charge in [0.25, 0.3) is 0 Å². The Hall–Kier alpha value is -0.720. The molecule has 0 saturated heterocycles. The SMILES string of the molecule is CC/C=C(/NC=C(C)C)C(C)CCCC. The molecule has 1 nitrogen and oxygen atoms in total. The zero-order valence-electron chi connectivity index (χ0n) is 11.1. The summed E-state index contributed by atoms with van der Waals surface area (Å²) in [6.07, 6.45) is 9.40. The van der Waals surface area contributed by atoms with Gasteiger partial charge in [-0.1, -0.05) is 45.3 Å². The third-order valence-corrected chi connectivity index (χ3v) is 2.47. The molecule has 0 rings (SSSR count). The highest BCUT2D eigenvalue weighted by Gasteiger charge is 2.06. The number of nitrogens with one attached hydrogen (secondary N) is 1. The Morgan fingerprint density at radius 1 is 1.27 bits per heavy atom. The molecular weight excluding hydrogens is 182 g/mol. The van der Waals surface area contributed by atoms with Gasteiger partial charge < -0.3 is 5.32 Å². The Labute approximate surface area is 95.7 Å². The van der Waals surface area contributed by atoms with Crippen LogP contribution in [0.4, 0.5) is 0 Å². The molecule has 1 atom stereocenters. The van der Waals surface area contributed by atoms with Gasteiger partial charge in [-0.05, 0) is 38.8 Å². The zero-order chi connectivity index (χ0) is 11.7. The maximum atomic E-state index is 3.43. The van der Waals surface area contributed by atoms with E-state index in [-0.39, 0.29) is 0 Å². The van der Waals surface area contributed by atoms with Gasteiger partial charge in [0, 0.05) is 5.70 Å². The fourth-order valence-electron chi connectivity index (χ4n) is 1.52. The highest BCUT2D eigenvalue weighted by molar-refractivity contribution is 5.08. The van der Waals surface area contributed by atoms with Crippen LogP contribution in [0.25, 0.3) is 0 Å². The second kappa shape index (κ2) is 8.58. The van der Waals surface area contributed by atoms with Crippen LogP contribution in [0, 0.1) is 5.92 Å². The molecule has 0 spiro atoms.